The van der Waals surface area contributed by atoms with Gasteiger partial charge in [-0.05, 0) is 23.6 Å². The largest absolute Gasteiger partial charge is 0.338 e. The number of hydrogen-bond acceptors (Lipinski definition) is 6. The fraction of sp³-hybridized carbons (Fsp3) is 0.174. The first kappa shape index (κ1) is 21.8. The third-order valence-electron chi connectivity index (χ3n) is 5.03. The summed E-state index contributed by atoms with van der Waals surface area (Å²) in [7, 11) is 0. The minimum Gasteiger partial charge on any atom is -0.338 e. The van der Waals surface area contributed by atoms with Crippen LogP contribution in [0.15, 0.2) is 72.8 Å². The SMILES string of the molecule is NC1NC(SCC(=O)Nc2cccc3ccccc23)NC(=O)C1NC(=O)c1ccccc1. The molecule has 1 aliphatic rings. The molecular formula is C23H23N5O3S. The highest BCUT2D eigenvalue weighted by molar-refractivity contribution is 8.00. The first-order chi connectivity index (χ1) is 15.5. The average Bonchev–Trinajstić information content (AvgIpc) is 2.81. The first-order valence-electron chi connectivity index (χ1n) is 10.1. The first-order valence-corrected chi connectivity index (χ1v) is 11.1. The summed E-state index contributed by atoms with van der Waals surface area (Å²) in [6.07, 6.45) is -0.796. The van der Waals surface area contributed by atoms with E-state index in [1.54, 1.807) is 30.3 Å². The van der Waals surface area contributed by atoms with Crippen molar-refractivity contribution in [2.45, 2.75) is 17.7 Å². The number of hydrogen-bond donors (Lipinski definition) is 5. The maximum Gasteiger partial charge on any atom is 0.252 e. The predicted molar refractivity (Wildman–Crippen MR) is 126 cm³/mol. The van der Waals surface area contributed by atoms with Gasteiger partial charge in [-0.2, -0.15) is 0 Å². The van der Waals surface area contributed by atoms with Crippen molar-refractivity contribution in [3.63, 3.8) is 0 Å². The van der Waals surface area contributed by atoms with Crippen LogP contribution >= 0.6 is 11.8 Å². The van der Waals surface area contributed by atoms with Gasteiger partial charge in [-0.3, -0.25) is 19.7 Å². The Balaban J connectivity index is 1.30. The van der Waals surface area contributed by atoms with Gasteiger partial charge in [0.2, 0.25) is 11.8 Å². The van der Waals surface area contributed by atoms with E-state index < -0.39 is 23.6 Å². The van der Waals surface area contributed by atoms with Gasteiger partial charge >= 0.3 is 0 Å². The van der Waals surface area contributed by atoms with Crippen LogP contribution in [0.1, 0.15) is 10.4 Å². The fourth-order valence-corrected chi connectivity index (χ4v) is 4.28. The maximum absolute atomic E-state index is 12.5. The molecule has 0 bridgehead atoms. The van der Waals surface area contributed by atoms with Crippen molar-refractivity contribution in [2.24, 2.45) is 5.73 Å². The zero-order valence-electron chi connectivity index (χ0n) is 17.1. The monoisotopic (exact) mass is 449 g/mol. The third kappa shape index (κ3) is 5.08. The van der Waals surface area contributed by atoms with Crippen LogP contribution in [0.2, 0.25) is 0 Å². The topological polar surface area (TPSA) is 125 Å². The molecule has 9 heteroatoms. The van der Waals surface area contributed by atoms with Gasteiger partial charge in [0.05, 0.1) is 11.9 Å². The van der Waals surface area contributed by atoms with Crippen molar-refractivity contribution in [2.75, 3.05) is 11.1 Å². The van der Waals surface area contributed by atoms with Crippen LogP contribution in [0.4, 0.5) is 5.69 Å². The van der Waals surface area contributed by atoms with Crippen molar-refractivity contribution in [1.29, 1.82) is 0 Å². The normalized spacial score (nSPS) is 20.4. The van der Waals surface area contributed by atoms with Crippen LogP contribution in [0.25, 0.3) is 10.8 Å². The quantitative estimate of drug-likeness (QED) is 0.389. The lowest BCUT2D eigenvalue weighted by atomic mass is 10.1. The average molecular weight is 450 g/mol. The Labute approximate surface area is 189 Å². The molecule has 1 aliphatic heterocycles. The summed E-state index contributed by atoms with van der Waals surface area (Å²) >= 11 is 1.21. The van der Waals surface area contributed by atoms with Crippen molar-refractivity contribution < 1.29 is 14.4 Å². The number of thioether (sulfide) groups is 1. The van der Waals surface area contributed by atoms with Gasteiger partial charge in [0.1, 0.15) is 11.5 Å². The van der Waals surface area contributed by atoms with Crippen LogP contribution in [0.3, 0.4) is 0 Å². The number of nitrogens with two attached hydrogens (primary N) is 1. The highest BCUT2D eigenvalue weighted by Gasteiger charge is 2.35. The smallest absolute Gasteiger partial charge is 0.252 e. The molecule has 0 saturated carbocycles. The molecule has 0 radical (unpaired) electrons. The summed E-state index contributed by atoms with van der Waals surface area (Å²) in [5.74, 6) is -0.888. The second kappa shape index (κ2) is 9.82. The van der Waals surface area contributed by atoms with E-state index in [4.69, 9.17) is 5.73 Å². The van der Waals surface area contributed by atoms with Crippen LogP contribution in [-0.4, -0.2) is 41.2 Å². The summed E-state index contributed by atoms with van der Waals surface area (Å²) in [6, 6.07) is 21.2. The molecule has 164 valence electrons. The molecule has 3 unspecified atom stereocenters. The van der Waals surface area contributed by atoms with Gasteiger partial charge in [0.15, 0.2) is 0 Å². The van der Waals surface area contributed by atoms with Crippen molar-refractivity contribution in [3.8, 4) is 0 Å². The standard InChI is InChI=1S/C23H23N5O3S/c24-20-19(26-21(30)15-8-2-1-3-9-15)22(31)28-23(27-20)32-13-18(29)25-17-12-6-10-14-7-4-5-11-16(14)17/h1-12,19-20,23,27H,13,24H2,(H,25,29)(H,26,30)(H,28,31). The molecule has 6 N–H and O–H groups in total. The summed E-state index contributed by atoms with van der Waals surface area (Å²) in [5, 5.41) is 13.3. The molecule has 1 heterocycles. The molecule has 3 atom stereocenters. The lowest BCUT2D eigenvalue weighted by Gasteiger charge is -2.35. The van der Waals surface area contributed by atoms with Crippen LogP contribution in [0, 0.1) is 0 Å². The lowest BCUT2D eigenvalue weighted by Crippen LogP contribution is -2.70. The Morgan fingerprint density at radius 3 is 2.47 bits per heavy atom. The van der Waals surface area contributed by atoms with Gasteiger partial charge in [-0.25, -0.2) is 0 Å². The van der Waals surface area contributed by atoms with E-state index in [1.165, 1.54) is 11.8 Å². The molecule has 3 aromatic rings. The summed E-state index contributed by atoms with van der Waals surface area (Å²) in [6.45, 7) is 0. The molecule has 3 aromatic carbocycles. The van der Waals surface area contributed by atoms with Crippen LogP contribution in [-0.2, 0) is 9.59 Å². The fourth-order valence-electron chi connectivity index (χ4n) is 3.43. The van der Waals surface area contributed by atoms with E-state index in [0.717, 1.165) is 16.5 Å². The Kier molecular flexibility index (Phi) is 6.69. The van der Waals surface area contributed by atoms with Crippen LogP contribution in [0.5, 0.6) is 0 Å². The molecule has 32 heavy (non-hydrogen) atoms. The number of carbonyl (C=O) groups is 3. The highest BCUT2D eigenvalue weighted by Crippen LogP contribution is 2.23. The molecule has 3 amide bonds. The van der Waals surface area contributed by atoms with E-state index in [9.17, 15) is 14.4 Å². The zero-order chi connectivity index (χ0) is 22.5. The highest BCUT2D eigenvalue weighted by atomic mass is 32.2. The minimum absolute atomic E-state index is 0.106. The van der Waals surface area contributed by atoms with E-state index in [2.05, 4.69) is 21.3 Å². The zero-order valence-corrected chi connectivity index (χ0v) is 17.9. The molecule has 0 aliphatic carbocycles. The molecule has 0 aromatic heterocycles. The van der Waals surface area contributed by atoms with E-state index >= 15 is 0 Å². The summed E-state index contributed by atoms with van der Waals surface area (Å²) in [4.78, 5) is 37.3. The number of carbonyl (C=O) groups excluding carboxylic acids is 3. The Morgan fingerprint density at radius 1 is 0.969 bits per heavy atom. The van der Waals surface area contributed by atoms with Crippen molar-refractivity contribution in [3.05, 3.63) is 78.4 Å². The number of anilines is 1. The predicted octanol–water partition coefficient (Wildman–Crippen LogP) is 1.60. The van der Waals surface area contributed by atoms with Gasteiger partial charge in [-0.1, -0.05) is 54.6 Å². The van der Waals surface area contributed by atoms with Gasteiger partial charge in [-0.15, -0.1) is 11.8 Å². The van der Waals surface area contributed by atoms with E-state index in [1.807, 2.05) is 42.5 Å². The summed E-state index contributed by atoms with van der Waals surface area (Å²) < 4.78 is 0. The van der Waals surface area contributed by atoms with E-state index in [0.29, 0.717) is 5.56 Å². The maximum atomic E-state index is 12.5. The van der Waals surface area contributed by atoms with Gasteiger partial charge in [0, 0.05) is 16.6 Å². The summed E-state index contributed by atoms with van der Waals surface area (Å²) in [5.41, 5.74) is 6.69. The van der Waals surface area contributed by atoms with Gasteiger partial charge in [0.25, 0.3) is 5.91 Å². The van der Waals surface area contributed by atoms with Gasteiger partial charge < -0.3 is 21.7 Å². The Hall–Kier alpha value is -3.40. The van der Waals surface area contributed by atoms with Crippen molar-refractivity contribution in [1.82, 2.24) is 16.0 Å². The molecule has 0 spiro atoms. The molecule has 8 nitrogen and oxygen atoms in total. The van der Waals surface area contributed by atoms with Crippen LogP contribution < -0.4 is 27.0 Å². The van der Waals surface area contributed by atoms with E-state index in [-0.39, 0.29) is 17.6 Å². The number of fused-ring (bicyclic) bond motifs is 1. The number of amides is 3. The molecule has 1 fully saturated rings. The molecule has 4 rings (SSSR count). The second-order valence-electron chi connectivity index (χ2n) is 7.28. The number of benzene rings is 3. The second-order valence-corrected chi connectivity index (χ2v) is 8.38. The van der Waals surface area contributed by atoms with Crippen molar-refractivity contribution >= 4 is 45.9 Å². The minimum atomic E-state index is -0.927. The number of rotatable bonds is 6. The lowest BCUT2D eigenvalue weighted by molar-refractivity contribution is -0.125. The third-order valence-corrected chi connectivity index (χ3v) is 6.04. The Bertz CT molecular complexity index is 1140. The molecule has 1 saturated heterocycles. The number of nitrogens with one attached hydrogen (secondary N) is 4. The molecular weight excluding hydrogens is 426 g/mol. The Morgan fingerprint density at radius 2 is 1.69 bits per heavy atom.